The molecule has 0 amide bonds. The number of hydrogen-bond donors (Lipinski definition) is 0. The molecule has 0 N–H and O–H groups in total. The van der Waals surface area contributed by atoms with Crippen molar-refractivity contribution in [3.05, 3.63) is 53.5 Å². The van der Waals surface area contributed by atoms with Gasteiger partial charge in [-0.15, -0.1) is 0 Å². The van der Waals surface area contributed by atoms with Crippen LogP contribution in [0.2, 0.25) is 0 Å². The van der Waals surface area contributed by atoms with E-state index in [1.54, 1.807) is 18.3 Å². The number of pyridine rings is 1. The van der Waals surface area contributed by atoms with Crippen molar-refractivity contribution in [1.29, 1.82) is 0 Å². The molecular formula is C17H18FN. The van der Waals surface area contributed by atoms with E-state index in [1.807, 2.05) is 12.1 Å². The minimum Gasteiger partial charge on any atom is -0.256 e. The number of rotatable bonds is 0. The summed E-state index contributed by atoms with van der Waals surface area (Å²) in [5, 5.41) is 0. The van der Waals surface area contributed by atoms with E-state index in [0.29, 0.717) is 0 Å². The normalized spacial score (nSPS) is 18.6. The van der Waals surface area contributed by atoms with E-state index in [9.17, 15) is 4.39 Å². The van der Waals surface area contributed by atoms with Crippen molar-refractivity contribution in [2.24, 2.45) is 0 Å². The predicted octanol–water partition coefficient (Wildman–Crippen LogP) is 4.46. The summed E-state index contributed by atoms with van der Waals surface area (Å²) in [7, 11) is 0. The van der Waals surface area contributed by atoms with Gasteiger partial charge < -0.3 is 0 Å². The lowest BCUT2D eigenvalue weighted by Crippen LogP contribution is -2.43. The van der Waals surface area contributed by atoms with Crippen LogP contribution in [0.3, 0.4) is 0 Å². The quantitative estimate of drug-likeness (QED) is 0.677. The van der Waals surface area contributed by atoms with Gasteiger partial charge in [0.05, 0.1) is 5.69 Å². The Morgan fingerprint density at radius 3 is 2.37 bits per heavy atom. The lowest BCUT2D eigenvalue weighted by Gasteiger charge is -2.47. The van der Waals surface area contributed by atoms with Gasteiger partial charge in [-0.25, -0.2) is 4.39 Å². The van der Waals surface area contributed by atoms with Gasteiger partial charge in [0, 0.05) is 17.2 Å². The van der Waals surface area contributed by atoms with Crippen molar-refractivity contribution >= 4 is 0 Å². The number of hydrogen-bond acceptors (Lipinski definition) is 1. The zero-order chi connectivity index (χ0) is 13.8. The van der Waals surface area contributed by atoms with Crippen molar-refractivity contribution in [1.82, 2.24) is 4.98 Å². The minimum absolute atomic E-state index is 0.0403. The van der Waals surface area contributed by atoms with Gasteiger partial charge in [0.15, 0.2) is 0 Å². The van der Waals surface area contributed by atoms with E-state index in [0.717, 1.165) is 11.3 Å². The van der Waals surface area contributed by atoms with Crippen LogP contribution in [0, 0.1) is 5.82 Å². The average Bonchev–Trinajstić information content (AvgIpc) is 2.37. The molecule has 2 heteroatoms. The van der Waals surface area contributed by atoms with Crippen LogP contribution in [-0.4, -0.2) is 4.98 Å². The lowest BCUT2D eigenvalue weighted by atomic mass is 9.56. The van der Waals surface area contributed by atoms with Crippen LogP contribution >= 0.6 is 0 Å². The van der Waals surface area contributed by atoms with Gasteiger partial charge in [0.2, 0.25) is 0 Å². The van der Waals surface area contributed by atoms with Crippen LogP contribution in [0.1, 0.15) is 38.8 Å². The number of fused-ring (bicyclic) bond motifs is 3. The van der Waals surface area contributed by atoms with Crippen LogP contribution in [0.5, 0.6) is 0 Å². The Hall–Kier alpha value is -1.70. The van der Waals surface area contributed by atoms with E-state index in [4.69, 9.17) is 0 Å². The highest BCUT2D eigenvalue weighted by molar-refractivity contribution is 5.74. The van der Waals surface area contributed by atoms with Gasteiger partial charge in [-0.1, -0.05) is 39.8 Å². The zero-order valence-electron chi connectivity index (χ0n) is 11.8. The molecule has 1 aliphatic rings. The number of nitrogens with zero attached hydrogens (tertiary/aromatic N) is 1. The van der Waals surface area contributed by atoms with Gasteiger partial charge in [0.25, 0.3) is 0 Å². The van der Waals surface area contributed by atoms with Crippen molar-refractivity contribution in [3.63, 3.8) is 0 Å². The Morgan fingerprint density at radius 1 is 0.947 bits per heavy atom. The molecule has 98 valence electrons. The summed E-state index contributed by atoms with van der Waals surface area (Å²) in [4.78, 5) is 4.50. The molecule has 0 unspecified atom stereocenters. The van der Waals surface area contributed by atoms with Gasteiger partial charge >= 0.3 is 0 Å². The maximum Gasteiger partial charge on any atom is 0.123 e. The lowest BCUT2D eigenvalue weighted by molar-refractivity contribution is 0.297. The van der Waals surface area contributed by atoms with E-state index >= 15 is 0 Å². The molecule has 0 aliphatic heterocycles. The van der Waals surface area contributed by atoms with E-state index in [1.165, 1.54) is 11.1 Å². The predicted molar refractivity (Wildman–Crippen MR) is 75.7 cm³/mol. The maximum absolute atomic E-state index is 13.6. The third kappa shape index (κ3) is 1.49. The van der Waals surface area contributed by atoms with Crippen molar-refractivity contribution < 1.29 is 4.39 Å². The third-order valence-corrected chi connectivity index (χ3v) is 4.95. The second-order valence-corrected chi connectivity index (χ2v) is 6.34. The van der Waals surface area contributed by atoms with Crippen LogP contribution in [-0.2, 0) is 10.8 Å². The molecule has 19 heavy (non-hydrogen) atoms. The summed E-state index contributed by atoms with van der Waals surface area (Å²) in [5.74, 6) is -0.203. The first-order chi connectivity index (χ1) is 8.85. The van der Waals surface area contributed by atoms with Crippen molar-refractivity contribution in [3.8, 4) is 11.3 Å². The molecule has 0 atom stereocenters. The molecule has 0 spiro atoms. The average molecular weight is 255 g/mol. The molecule has 1 aromatic heterocycles. The fourth-order valence-corrected chi connectivity index (χ4v) is 3.06. The molecule has 2 aromatic rings. The smallest absolute Gasteiger partial charge is 0.123 e. The Bertz CT molecular complexity index is 656. The Morgan fingerprint density at radius 2 is 1.63 bits per heavy atom. The fourth-order valence-electron chi connectivity index (χ4n) is 3.06. The highest BCUT2D eigenvalue weighted by Crippen LogP contribution is 2.52. The second-order valence-electron chi connectivity index (χ2n) is 6.34. The highest BCUT2D eigenvalue weighted by Gasteiger charge is 2.46. The molecule has 1 nitrogen and oxygen atoms in total. The number of halogens is 1. The third-order valence-electron chi connectivity index (χ3n) is 4.95. The fraction of sp³-hybridized carbons (Fsp3) is 0.353. The van der Waals surface area contributed by atoms with Crippen molar-refractivity contribution in [2.75, 3.05) is 0 Å². The summed E-state index contributed by atoms with van der Waals surface area (Å²) in [6.45, 7) is 8.92. The monoisotopic (exact) mass is 255 g/mol. The Kier molecular flexibility index (Phi) is 2.38. The molecule has 0 fully saturated rings. The first-order valence-electron chi connectivity index (χ1n) is 6.61. The van der Waals surface area contributed by atoms with Gasteiger partial charge in [-0.2, -0.15) is 0 Å². The molecule has 0 radical (unpaired) electrons. The Labute approximate surface area is 113 Å². The molecule has 1 aromatic carbocycles. The van der Waals surface area contributed by atoms with Crippen molar-refractivity contribution in [2.45, 2.75) is 38.5 Å². The number of aromatic nitrogens is 1. The number of benzene rings is 1. The molecule has 0 saturated carbocycles. The minimum atomic E-state index is -0.203. The van der Waals surface area contributed by atoms with Crippen LogP contribution in [0.15, 0.2) is 36.5 Å². The van der Waals surface area contributed by atoms with Gasteiger partial charge in [-0.05, 0) is 34.7 Å². The summed E-state index contributed by atoms with van der Waals surface area (Å²) >= 11 is 0. The standard InChI is InChI=1S/C17H18FN/c1-16(2)13-8-7-11(18)10-12(13)15-14(17(16,3)4)6-5-9-19-15/h5-10H,1-4H3. The van der Waals surface area contributed by atoms with Crippen LogP contribution in [0.4, 0.5) is 4.39 Å². The molecular weight excluding hydrogens is 237 g/mol. The van der Waals surface area contributed by atoms with Crippen LogP contribution < -0.4 is 0 Å². The van der Waals surface area contributed by atoms with E-state index in [2.05, 4.69) is 38.7 Å². The summed E-state index contributed by atoms with van der Waals surface area (Å²) in [6.07, 6.45) is 1.78. The maximum atomic E-state index is 13.6. The second kappa shape index (κ2) is 3.66. The molecule has 1 heterocycles. The zero-order valence-corrected chi connectivity index (χ0v) is 11.8. The summed E-state index contributed by atoms with van der Waals surface area (Å²) in [5.41, 5.74) is 4.11. The van der Waals surface area contributed by atoms with E-state index in [-0.39, 0.29) is 16.6 Å². The first kappa shape index (κ1) is 12.3. The summed E-state index contributed by atoms with van der Waals surface area (Å²) < 4.78 is 13.6. The topological polar surface area (TPSA) is 12.9 Å². The van der Waals surface area contributed by atoms with Gasteiger partial charge in [0.1, 0.15) is 5.82 Å². The first-order valence-corrected chi connectivity index (χ1v) is 6.61. The van der Waals surface area contributed by atoms with Crippen LogP contribution in [0.25, 0.3) is 11.3 Å². The molecule has 3 rings (SSSR count). The molecule has 0 bridgehead atoms. The molecule has 1 aliphatic carbocycles. The largest absolute Gasteiger partial charge is 0.256 e. The van der Waals surface area contributed by atoms with E-state index < -0.39 is 0 Å². The SMILES string of the molecule is CC1(C)c2ccc(F)cc2-c2ncccc2C1(C)C. The Balaban J connectivity index is 2.43. The summed E-state index contributed by atoms with van der Waals surface area (Å²) in [6, 6.07) is 9.13. The highest BCUT2D eigenvalue weighted by atomic mass is 19.1. The molecule has 0 saturated heterocycles. The van der Waals surface area contributed by atoms with Gasteiger partial charge in [-0.3, -0.25) is 4.98 Å².